The lowest BCUT2D eigenvalue weighted by molar-refractivity contribution is 0.191. The van der Waals surface area contributed by atoms with Gasteiger partial charge in [0.25, 0.3) is 0 Å². The van der Waals surface area contributed by atoms with E-state index in [2.05, 4.69) is 5.32 Å². The van der Waals surface area contributed by atoms with E-state index in [1.807, 2.05) is 0 Å². The molecule has 1 aromatic rings. The molecule has 1 saturated heterocycles. The first-order valence-corrected chi connectivity index (χ1v) is 6.58. The highest BCUT2D eigenvalue weighted by atomic mass is 32.1. The van der Waals surface area contributed by atoms with E-state index in [1.54, 1.807) is 17.0 Å². The van der Waals surface area contributed by atoms with Crippen molar-refractivity contribution in [2.75, 3.05) is 18.4 Å². The largest absolute Gasteiger partial charge is 0.393 e. The van der Waals surface area contributed by atoms with E-state index in [1.165, 1.54) is 12.1 Å². The highest BCUT2D eigenvalue weighted by Gasteiger charge is 2.25. The first-order valence-electron chi connectivity index (χ1n) is 6.17. The van der Waals surface area contributed by atoms with E-state index in [4.69, 9.17) is 18.0 Å². The number of benzene rings is 1. The number of para-hydroxylation sites is 1. The fourth-order valence-electron chi connectivity index (χ4n) is 2.15. The van der Waals surface area contributed by atoms with Crippen molar-refractivity contribution in [3.05, 3.63) is 30.1 Å². The molecule has 1 atom stereocenters. The second kappa shape index (κ2) is 5.97. The molecule has 4 nitrogen and oxygen atoms in total. The summed E-state index contributed by atoms with van der Waals surface area (Å²) in [6, 6.07) is 5.78. The molecule has 1 aromatic carbocycles. The van der Waals surface area contributed by atoms with Crippen LogP contribution in [0.1, 0.15) is 12.8 Å². The van der Waals surface area contributed by atoms with E-state index >= 15 is 0 Å². The average Bonchev–Trinajstić information content (AvgIpc) is 2.41. The minimum Gasteiger partial charge on any atom is -0.393 e. The molecule has 3 N–H and O–H groups in total. The Morgan fingerprint density at radius 1 is 1.47 bits per heavy atom. The number of hydrogen-bond acceptors (Lipinski definition) is 2. The molecule has 1 aliphatic rings. The molecule has 1 unspecified atom stereocenters. The van der Waals surface area contributed by atoms with E-state index in [0.717, 1.165) is 12.8 Å². The van der Waals surface area contributed by atoms with Gasteiger partial charge in [0.1, 0.15) is 5.82 Å². The van der Waals surface area contributed by atoms with Crippen LogP contribution in [0.15, 0.2) is 24.3 Å². The van der Waals surface area contributed by atoms with Crippen LogP contribution in [0.5, 0.6) is 0 Å². The molecule has 0 bridgehead atoms. The molecule has 102 valence electrons. The van der Waals surface area contributed by atoms with Crippen LogP contribution in [-0.2, 0) is 0 Å². The molecular weight excluding hydrogens is 265 g/mol. The SMILES string of the molecule is NC(=S)C1CCCN(C(=O)Nc2ccccc2F)C1. The number of carbonyl (C=O) groups excluding carboxylic acids is 1. The summed E-state index contributed by atoms with van der Waals surface area (Å²) < 4.78 is 13.4. The Labute approximate surface area is 116 Å². The van der Waals surface area contributed by atoms with Gasteiger partial charge in [-0.2, -0.15) is 0 Å². The van der Waals surface area contributed by atoms with Gasteiger partial charge in [0.15, 0.2) is 0 Å². The molecule has 2 amide bonds. The molecule has 0 aromatic heterocycles. The Bertz CT molecular complexity index is 495. The van der Waals surface area contributed by atoms with Gasteiger partial charge in [-0.25, -0.2) is 9.18 Å². The van der Waals surface area contributed by atoms with Gasteiger partial charge in [0, 0.05) is 19.0 Å². The molecule has 0 aliphatic carbocycles. The number of amides is 2. The van der Waals surface area contributed by atoms with Crippen LogP contribution >= 0.6 is 12.2 Å². The third-order valence-corrected chi connectivity index (χ3v) is 3.56. The summed E-state index contributed by atoms with van der Waals surface area (Å²) in [5.74, 6) is -0.395. The van der Waals surface area contributed by atoms with Gasteiger partial charge < -0.3 is 16.0 Å². The maximum absolute atomic E-state index is 13.4. The number of hydrogen-bond donors (Lipinski definition) is 2. The quantitative estimate of drug-likeness (QED) is 0.818. The van der Waals surface area contributed by atoms with Gasteiger partial charge in [-0.3, -0.25) is 0 Å². The lowest BCUT2D eigenvalue weighted by atomic mass is 9.98. The summed E-state index contributed by atoms with van der Waals surface area (Å²) >= 11 is 4.96. The van der Waals surface area contributed by atoms with Gasteiger partial charge in [0.2, 0.25) is 0 Å². The predicted molar refractivity (Wildman–Crippen MR) is 76.5 cm³/mol. The van der Waals surface area contributed by atoms with Crippen LogP contribution in [0.2, 0.25) is 0 Å². The Hall–Kier alpha value is -1.69. The number of anilines is 1. The minimum atomic E-state index is -0.446. The first-order chi connectivity index (χ1) is 9.08. The van der Waals surface area contributed by atoms with Crippen LogP contribution in [0, 0.1) is 11.7 Å². The van der Waals surface area contributed by atoms with Crippen molar-refractivity contribution < 1.29 is 9.18 Å². The number of nitrogens with one attached hydrogen (secondary N) is 1. The zero-order valence-corrected chi connectivity index (χ0v) is 11.3. The van der Waals surface area contributed by atoms with Gasteiger partial charge in [-0.15, -0.1) is 0 Å². The molecule has 2 rings (SSSR count). The van der Waals surface area contributed by atoms with Crippen molar-refractivity contribution in [2.45, 2.75) is 12.8 Å². The van der Waals surface area contributed by atoms with Crippen molar-refractivity contribution in [3.8, 4) is 0 Å². The maximum Gasteiger partial charge on any atom is 0.321 e. The van der Waals surface area contributed by atoms with Crippen LogP contribution in [-0.4, -0.2) is 29.0 Å². The molecule has 1 aliphatic heterocycles. The summed E-state index contributed by atoms with van der Waals surface area (Å²) in [7, 11) is 0. The standard InChI is InChI=1S/C13H16FN3OS/c14-10-5-1-2-6-11(10)16-13(18)17-7-3-4-9(8-17)12(15)19/h1-2,5-6,9H,3-4,7-8H2,(H2,15,19)(H,16,18). The fourth-order valence-corrected chi connectivity index (χ4v) is 2.34. The van der Waals surface area contributed by atoms with Gasteiger partial charge >= 0.3 is 6.03 Å². The summed E-state index contributed by atoms with van der Waals surface area (Å²) in [5.41, 5.74) is 5.80. The van der Waals surface area contributed by atoms with Crippen molar-refractivity contribution in [1.82, 2.24) is 4.90 Å². The Kier molecular flexibility index (Phi) is 4.31. The van der Waals surface area contributed by atoms with Gasteiger partial charge in [-0.1, -0.05) is 24.4 Å². The van der Waals surface area contributed by atoms with Crippen LogP contribution in [0.3, 0.4) is 0 Å². The molecular formula is C13H16FN3OS. The van der Waals surface area contributed by atoms with E-state index in [9.17, 15) is 9.18 Å². The smallest absolute Gasteiger partial charge is 0.321 e. The van der Waals surface area contributed by atoms with Crippen LogP contribution < -0.4 is 11.1 Å². The molecule has 19 heavy (non-hydrogen) atoms. The maximum atomic E-state index is 13.4. The van der Waals surface area contributed by atoms with E-state index in [-0.39, 0.29) is 17.6 Å². The van der Waals surface area contributed by atoms with E-state index in [0.29, 0.717) is 18.1 Å². The van der Waals surface area contributed by atoms with Gasteiger partial charge in [-0.05, 0) is 25.0 Å². The normalized spacial score (nSPS) is 19.0. The highest BCUT2D eigenvalue weighted by Crippen LogP contribution is 2.19. The number of likely N-dealkylation sites (tertiary alicyclic amines) is 1. The average molecular weight is 281 g/mol. The lowest BCUT2D eigenvalue weighted by Crippen LogP contribution is -2.45. The monoisotopic (exact) mass is 281 g/mol. The summed E-state index contributed by atoms with van der Waals surface area (Å²) in [4.78, 5) is 14.1. The minimum absolute atomic E-state index is 0.0510. The van der Waals surface area contributed by atoms with Crippen molar-refractivity contribution in [2.24, 2.45) is 11.7 Å². The molecule has 0 saturated carbocycles. The van der Waals surface area contributed by atoms with Gasteiger partial charge in [0.05, 0.1) is 10.7 Å². The predicted octanol–water partition coefficient (Wildman–Crippen LogP) is 2.36. The molecule has 1 heterocycles. The number of halogens is 1. The number of urea groups is 1. The number of nitrogens with two attached hydrogens (primary N) is 1. The summed E-state index contributed by atoms with van der Waals surface area (Å²) in [5, 5.41) is 2.57. The summed E-state index contributed by atoms with van der Waals surface area (Å²) in [6.07, 6.45) is 1.76. The van der Waals surface area contributed by atoms with Crippen molar-refractivity contribution >= 4 is 28.9 Å². The molecule has 1 fully saturated rings. The zero-order valence-electron chi connectivity index (χ0n) is 10.4. The second-order valence-electron chi connectivity index (χ2n) is 4.60. The number of rotatable bonds is 2. The third-order valence-electron chi connectivity index (χ3n) is 3.23. The molecule has 0 spiro atoms. The number of thiocarbonyl (C=S) groups is 1. The molecule has 0 radical (unpaired) electrons. The Balaban J connectivity index is 2.00. The number of nitrogens with zero attached hydrogens (tertiary/aromatic N) is 1. The third kappa shape index (κ3) is 3.41. The molecule has 6 heteroatoms. The van der Waals surface area contributed by atoms with Crippen molar-refractivity contribution in [3.63, 3.8) is 0 Å². The van der Waals surface area contributed by atoms with Crippen LogP contribution in [0.4, 0.5) is 14.9 Å². The fraction of sp³-hybridized carbons (Fsp3) is 0.385. The highest BCUT2D eigenvalue weighted by molar-refractivity contribution is 7.80. The second-order valence-corrected chi connectivity index (χ2v) is 5.07. The van der Waals surface area contributed by atoms with Crippen molar-refractivity contribution in [1.29, 1.82) is 0 Å². The Morgan fingerprint density at radius 3 is 2.89 bits per heavy atom. The first kappa shape index (κ1) is 13.7. The summed E-state index contributed by atoms with van der Waals surface area (Å²) in [6.45, 7) is 1.13. The van der Waals surface area contributed by atoms with E-state index < -0.39 is 5.82 Å². The van der Waals surface area contributed by atoms with Crippen LogP contribution in [0.25, 0.3) is 0 Å². The zero-order chi connectivity index (χ0) is 13.8. The Morgan fingerprint density at radius 2 is 2.21 bits per heavy atom. The lowest BCUT2D eigenvalue weighted by Gasteiger charge is -2.32. The topological polar surface area (TPSA) is 58.4 Å². The number of carbonyl (C=O) groups is 1. The number of piperidine rings is 1.